The summed E-state index contributed by atoms with van der Waals surface area (Å²) in [5.74, 6) is -1.60. The number of carboxylic acids is 1. The number of hydrogen-bond acceptors (Lipinski definition) is 4. The first-order chi connectivity index (χ1) is 12.4. The maximum atomic E-state index is 12.9. The lowest BCUT2D eigenvalue weighted by molar-refractivity contribution is -0.143. The van der Waals surface area contributed by atoms with E-state index in [0.717, 1.165) is 5.56 Å². The van der Waals surface area contributed by atoms with Crippen LogP contribution in [0, 0.1) is 12.8 Å². The minimum Gasteiger partial charge on any atom is -0.481 e. The van der Waals surface area contributed by atoms with Crippen LogP contribution in [0.3, 0.4) is 0 Å². The summed E-state index contributed by atoms with van der Waals surface area (Å²) in [6, 6.07) is 7.48. The highest BCUT2D eigenvalue weighted by molar-refractivity contribution is 5.95. The molecular weight excluding hydrogens is 334 g/mol. The Hall–Kier alpha value is -2.41. The molecule has 1 aromatic rings. The number of benzene rings is 1. The minimum atomic E-state index is -0.879. The number of aryl methyl sites for hydroxylation is 1. The van der Waals surface area contributed by atoms with Gasteiger partial charge in [-0.25, -0.2) is 0 Å². The molecule has 0 aliphatic carbocycles. The largest absolute Gasteiger partial charge is 0.481 e. The van der Waals surface area contributed by atoms with Gasteiger partial charge in [-0.05, 0) is 18.6 Å². The zero-order valence-electron chi connectivity index (χ0n) is 15.2. The fourth-order valence-electron chi connectivity index (χ4n) is 3.82. The third-order valence-electron chi connectivity index (χ3n) is 5.39. The van der Waals surface area contributed by atoms with Crippen LogP contribution in [-0.4, -0.2) is 82.9 Å². The summed E-state index contributed by atoms with van der Waals surface area (Å²) < 4.78 is 0. The van der Waals surface area contributed by atoms with E-state index in [0.29, 0.717) is 38.3 Å². The van der Waals surface area contributed by atoms with Crippen LogP contribution in [0.1, 0.15) is 22.8 Å². The Morgan fingerprint density at radius 3 is 2.35 bits per heavy atom. The lowest BCUT2D eigenvalue weighted by atomic mass is 10.1. The minimum absolute atomic E-state index is 0.00356. The second-order valence-electron chi connectivity index (χ2n) is 7.17. The number of fused-ring (bicyclic) bond motifs is 1. The summed E-state index contributed by atoms with van der Waals surface area (Å²) in [6.45, 7) is 6.17. The van der Waals surface area contributed by atoms with Crippen molar-refractivity contribution in [3.05, 3.63) is 35.4 Å². The van der Waals surface area contributed by atoms with Crippen LogP contribution in [-0.2, 0) is 9.59 Å². The number of carboxylic acid groups (broad SMARTS) is 1. The molecule has 3 rings (SSSR count). The molecule has 140 valence electrons. The first-order valence-corrected chi connectivity index (χ1v) is 8.94. The molecule has 1 aromatic carbocycles. The number of rotatable bonds is 2. The quantitative estimate of drug-likeness (QED) is 0.840. The Balaban J connectivity index is 1.78. The molecule has 0 spiro atoms. The topological polar surface area (TPSA) is 81.2 Å². The maximum Gasteiger partial charge on any atom is 0.309 e. The molecular formula is C19H25N3O4. The van der Waals surface area contributed by atoms with E-state index in [9.17, 15) is 19.5 Å². The van der Waals surface area contributed by atoms with Crippen LogP contribution in [0.25, 0.3) is 0 Å². The molecule has 1 N–H and O–H groups in total. The van der Waals surface area contributed by atoms with Gasteiger partial charge in [0.1, 0.15) is 0 Å². The Bertz CT molecular complexity index is 720. The van der Waals surface area contributed by atoms with Crippen LogP contribution in [0.15, 0.2) is 24.3 Å². The number of amides is 2. The Morgan fingerprint density at radius 2 is 1.69 bits per heavy atom. The van der Waals surface area contributed by atoms with Crippen molar-refractivity contribution in [2.24, 2.45) is 5.92 Å². The molecule has 0 unspecified atom stereocenters. The molecule has 7 nitrogen and oxygen atoms in total. The summed E-state index contributed by atoms with van der Waals surface area (Å²) in [4.78, 5) is 41.9. The predicted octanol–water partition coefficient (Wildman–Crippen LogP) is 0.684. The highest BCUT2D eigenvalue weighted by Crippen LogP contribution is 2.21. The van der Waals surface area contributed by atoms with Crippen molar-refractivity contribution in [1.82, 2.24) is 14.7 Å². The van der Waals surface area contributed by atoms with Crippen molar-refractivity contribution in [2.75, 3.05) is 39.3 Å². The van der Waals surface area contributed by atoms with Gasteiger partial charge < -0.3 is 14.9 Å². The third kappa shape index (κ3) is 3.72. The smallest absolute Gasteiger partial charge is 0.309 e. The zero-order valence-corrected chi connectivity index (χ0v) is 15.2. The predicted molar refractivity (Wildman–Crippen MR) is 95.8 cm³/mol. The number of aliphatic carboxylic acids is 1. The number of carbonyl (C=O) groups is 3. The van der Waals surface area contributed by atoms with E-state index < -0.39 is 11.9 Å². The maximum absolute atomic E-state index is 12.9. The molecule has 26 heavy (non-hydrogen) atoms. The van der Waals surface area contributed by atoms with Gasteiger partial charge in [0.15, 0.2) is 0 Å². The lowest BCUT2D eigenvalue weighted by Crippen LogP contribution is -2.57. The van der Waals surface area contributed by atoms with Crippen molar-refractivity contribution in [1.29, 1.82) is 0 Å². The highest BCUT2D eigenvalue weighted by atomic mass is 16.4. The van der Waals surface area contributed by atoms with Gasteiger partial charge in [-0.1, -0.05) is 18.2 Å². The molecule has 0 radical (unpaired) electrons. The standard InChI is InChI=1S/C19H25N3O4/c1-13-5-3-4-6-17(13)18(24)21-8-7-20-9-15(19(25)26)10-22(14(2)23)12-16(20)11-21/h3-6,15-16H,7-12H2,1-2H3,(H,25,26)/t15-,16-/m1/s1. The number of nitrogens with zero attached hydrogens (tertiary/aromatic N) is 3. The van der Waals surface area contributed by atoms with Gasteiger partial charge in [0.05, 0.1) is 5.92 Å². The molecule has 2 aliphatic rings. The van der Waals surface area contributed by atoms with E-state index in [2.05, 4.69) is 4.90 Å². The number of carbonyl (C=O) groups excluding carboxylic acids is 2. The van der Waals surface area contributed by atoms with E-state index in [-0.39, 0.29) is 24.4 Å². The van der Waals surface area contributed by atoms with Crippen molar-refractivity contribution in [2.45, 2.75) is 19.9 Å². The molecule has 2 atom stereocenters. The first kappa shape index (κ1) is 18.4. The summed E-state index contributed by atoms with van der Waals surface area (Å²) in [5.41, 5.74) is 1.64. The number of hydrogen-bond donors (Lipinski definition) is 1. The monoisotopic (exact) mass is 359 g/mol. The van der Waals surface area contributed by atoms with Gasteiger partial charge in [0, 0.05) is 57.8 Å². The van der Waals surface area contributed by atoms with Crippen LogP contribution in [0.2, 0.25) is 0 Å². The molecule has 2 fully saturated rings. The molecule has 2 aliphatic heterocycles. The summed E-state index contributed by atoms with van der Waals surface area (Å²) in [6.07, 6.45) is 0. The second kappa shape index (κ2) is 7.45. The van der Waals surface area contributed by atoms with Crippen molar-refractivity contribution in [3.8, 4) is 0 Å². The van der Waals surface area contributed by atoms with E-state index in [4.69, 9.17) is 0 Å². The van der Waals surface area contributed by atoms with Crippen molar-refractivity contribution < 1.29 is 19.5 Å². The van der Waals surface area contributed by atoms with Crippen LogP contribution in [0.5, 0.6) is 0 Å². The fourth-order valence-corrected chi connectivity index (χ4v) is 3.82. The van der Waals surface area contributed by atoms with Crippen LogP contribution >= 0.6 is 0 Å². The Kier molecular flexibility index (Phi) is 5.27. The molecule has 0 saturated carbocycles. The van der Waals surface area contributed by atoms with Gasteiger partial charge in [0.25, 0.3) is 5.91 Å². The molecule has 2 amide bonds. The average Bonchev–Trinajstić information content (AvgIpc) is 2.80. The summed E-state index contributed by atoms with van der Waals surface area (Å²) in [7, 11) is 0. The molecule has 0 aromatic heterocycles. The zero-order chi connectivity index (χ0) is 18.8. The van der Waals surface area contributed by atoms with Crippen molar-refractivity contribution in [3.63, 3.8) is 0 Å². The van der Waals surface area contributed by atoms with Gasteiger partial charge in [-0.3, -0.25) is 19.3 Å². The molecule has 0 bridgehead atoms. The number of piperazine rings is 1. The highest BCUT2D eigenvalue weighted by Gasteiger charge is 2.38. The van der Waals surface area contributed by atoms with Crippen LogP contribution < -0.4 is 0 Å². The van der Waals surface area contributed by atoms with E-state index in [1.807, 2.05) is 36.1 Å². The van der Waals surface area contributed by atoms with Crippen molar-refractivity contribution >= 4 is 17.8 Å². The van der Waals surface area contributed by atoms with Gasteiger partial charge in [-0.15, -0.1) is 0 Å². The first-order valence-electron chi connectivity index (χ1n) is 8.94. The Morgan fingerprint density at radius 1 is 1.00 bits per heavy atom. The SMILES string of the molecule is CC(=O)N1C[C@H](C(=O)O)CN2CCN(C(=O)c3ccccc3C)C[C@@H]2C1. The summed E-state index contributed by atoms with van der Waals surface area (Å²) in [5, 5.41) is 9.44. The average molecular weight is 359 g/mol. The second-order valence-corrected chi connectivity index (χ2v) is 7.17. The molecule has 2 heterocycles. The fraction of sp³-hybridized carbons (Fsp3) is 0.526. The Labute approximate surface area is 153 Å². The van der Waals surface area contributed by atoms with Gasteiger partial charge in [0.2, 0.25) is 5.91 Å². The summed E-state index contributed by atoms with van der Waals surface area (Å²) >= 11 is 0. The normalized spacial score (nSPS) is 23.9. The molecule has 7 heteroatoms. The molecule has 2 saturated heterocycles. The van der Waals surface area contributed by atoms with Gasteiger partial charge >= 0.3 is 5.97 Å². The van der Waals surface area contributed by atoms with Gasteiger partial charge in [-0.2, -0.15) is 0 Å². The van der Waals surface area contributed by atoms with E-state index >= 15 is 0 Å². The van der Waals surface area contributed by atoms with E-state index in [1.54, 1.807) is 4.90 Å². The third-order valence-corrected chi connectivity index (χ3v) is 5.39. The van der Waals surface area contributed by atoms with Crippen LogP contribution in [0.4, 0.5) is 0 Å². The lowest BCUT2D eigenvalue weighted by Gasteiger charge is -2.41. The van der Waals surface area contributed by atoms with E-state index in [1.165, 1.54) is 6.92 Å².